The number of likely N-dealkylation sites (tertiary alicyclic amines) is 1. The molecule has 0 aliphatic carbocycles. The molecule has 1 atom stereocenters. The average Bonchev–Trinajstić information content (AvgIpc) is 3.11. The van der Waals surface area contributed by atoms with Crippen molar-refractivity contribution >= 4 is 27.3 Å². The van der Waals surface area contributed by atoms with Crippen LogP contribution in [0.25, 0.3) is 0 Å². The molecule has 1 saturated heterocycles. The molecule has 0 saturated carbocycles. The molecule has 7 heteroatoms. The number of sulfone groups is 1. The molecule has 0 spiro atoms. The van der Waals surface area contributed by atoms with Gasteiger partial charge in [0, 0.05) is 12.8 Å². The zero-order valence-corrected chi connectivity index (χ0v) is 16.9. The van der Waals surface area contributed by atoms with Crippen molar-refractivity contribution < 1.29 is 17.9 Å². The summed E-state index contributed by atoms with van der Waals surface area (Å²) in [5.74, 6) is 0.544. The lowest BCUT2D eigenvalue weighted by molar-refractivity contribution is 0.0735. The van der Waals surface area contributed by atoms with E-state index in [1.165, 1.54) is 18.2 Å². The molecule has 1 aliphatic heterocycles. The quantitative estimate of drug-likeness (QED) is 0.747. The maximum absolute atomic E-state index is 13.1. The van der Waals surface area contributed by atoms with Gasteiger partial charge in [0.1, 0.15) is 5.75 Å². The summed E-state index contributed by atoms with van der Waals surface area (Å²) in [6.07, 6.45) is 2.85. The first-order valence-electron chi connectivity index (χ1n) is 8.84. The Kier molecular flexibility index (Phi) is 5.77. The third kappa shape index (κ3) is 4.28. The van der Waals surface area contributed by atoms with Gasteiger partial charge in [-0.1, -0.05) is 23.7 Å². The highest BCUT2D eigenvalue weighted by atomic mass is 35.5. The summed E-state index contributed by atoms with van der Waals surface area (Å²) in [4.78, 5) is 15.0. The molecule has 27 heavy (non-hydrogen) atoms. The van der Waals surface area contributed by atoms with Crippen molar-refractivity contribution in [1.29, 1.82) is 0 Å². The van der Waals surface area contributed by atoms with Crippen LogP contribution in [0.4, 0.5) is 0 Å². The van der Waals surface area contributed by atoms with E-state index in [1.807, 2.05) is 31.2 Å². The van der Waals surface area contributed by atoms with Crippen molar-refractivity contribution in [2.45, 2.75) is 30.7 Å². The van der Waals surface area contributed by atoms with Gasteiger partial charge >= 0.3 is 0 Å². The van der Waals surface area contributed by atoms with Gasteiger partial charge in [0.2, 0.25) is 0 Å². The zero-order chi connectivity index (χ0) is 19.6. The summed E-state index contributed by atoms with van der Waals surface area (Å²) in [7, 11) is -3.42. The molecule has 0 aromatic heterocycles. The van der Waals surface area contributed by atoms with Crippen molar-refractivity contribution in [3.63, 3.8) is 0 Å². The van der Waals surface area contributed by atoms with Gasteiger partial charge in [-0.15, -0.1) is 0 Å². The van der Waals surface area contributed by atoms with Crippen LogP contribution in [0, 0.1) is 0 Å². The van der Waals surface area contributed by atoms with Crippen LogP contribution in [0.15, 0.2) is 47.4 Å². The summed E-state index contributed by atoms with van der Waals surface area (Å²) in [5, 5.41) is 0.254. The van der Waals surface area contributed by atoms with Gasteiger partial charge in [-0.3, -0.25) is 4.79 Å². The topological polar surface area (TPSA) is 63.7 Å². The number of rotatable bonds is 5. The standard InChI is InChI=1S/C20H22ClNO4S/c1-3-26-15-8-6-14(7-9-15)19-5-4-12-22(19)20(23)17-13-16(27(2,24)25)10-11-18(17)21/h6-11,13,19H,3-5,12H2,1-2H3. The van der Waals surface area contributed by atoms with Crippen molar-refractivity contribution in [1.82, 2.24) is 4.90 Å². The van der Waals surface area contributed by atoms with Gasteiger partial charge in [-0.25, -0.2) is 8.42 Å². The normalized spacial score (nSPS) is 17.1. The molecule has 5 nitrogen and oxygen atoms in total. The van der Waals surface area contributed by atoms with Gasteiger partial charge in [-0.05, 0) is 55.7 Å². The molecular weight excluding hydrogens is 386 g/mol. The Hall–Kier alpha value is -2.05. The second kappa shape index (κ2) is 7.90. The number of ether oxygens (including phenoxy) is 1. The first kappa shape index (κ1) is 19.7. The summed E-state index contributed by atoms with van der Waals surface area (Å²) in [6, 6.07) is 11.9. The molecule has 144 valence electrons. The van der Waals surface area contributed by atoms with E-state index < -0.39 is 9.84 Å². The monoisotopic (exact) mass is 407 g/mol. The molecule has 1 fully saturated rings. The molecule has 0 bridgehead atoms. The van der Waals surface area contributed by atoms with Crippen molar-refractivity contribution in [2.75, 3.05) is 19.4 Å². The lowest BCUT2D eigenvalue weighted by Crippen LogP contribution is -2.31. The Morgan fingerprint density at radius 3 is 2.56 bits per heavy atom. The highest BCUT2D eigenvalue weighted by Gasteiger charge is 2.32. The van der Waals surface area contributed by atoms with Crippen LogP contribution in [0.2, 0.25) is 5.02 Å². The van der Waals surface area contributed by atoms with Crippen LogP contribution in [0.5, 0.6) is 5.75 Å². The van der Waals surface area contributed by atoms with Crippen LogP contribution in [0.3, 0.4) is 0 Å². The summed E-state index contributed by atoms with van der Waals surface area (Å²) in [5.41, 5.74) is 1.25. The number of hydrogen-bond acceptors (Lipinski definition) is 4. The maximum atomic E-state index is 13.1. The fourth-order valence-electron chi connectivity index (χ4n) is 3.36. The number of hydrogen-bond donors (Lipinski definition) is 0. The molecule has 1 aliphatic rings. The van der Waals surface area contributed by atoms with Crippen LogP contribution >= 0.6 is 11.6 Å². The van der Waals surface area contributed by atoms with E-state index in [-0.39, 0.29) is 27.4 Å². The minimum absolute atomic E-state index is 0.0638. The van der Waals surface area contributed by atoms with E-state index in [2.05, 4.69) is 0 Å². The highest BCUT2D eigenvalue weighted by Crippen LogP contribution is 2.35. The maximum Gasteiger partial charge on any atom is 0.255 e. The lowest BCUT2D eigenvalue weighted by atomic mass is 10.0. The lowest BCUT2D eigenvalue weighted by Gasteiger charge is -2.26. The Morgan fingerprint density at radius 2 is 1.93 bits per heavy atom. The number of carbonyl (C=O) groups excluding carboxylic acids is 1. The van der Waals surface area contributed by atoms with E-state index in [4.69, 9.17) is 16.3 Å². The Labute approximate surface area is 164 Å². The van der Waals surface area contributed by atoms with Crippen LogP contribution < -0.4 is 4.74 Å². The molecule has 0 N–H and O–H groups in total. The molecule has 3 rings (SSSR count). The van der Waals surface area contributed by atoms with E-state index in [0.29, 0.717) is 13.2 Å². The third-order valence-electron chi connectivity index (χ3n) is 4.69. The minimum atomic E-state index is -3.42. The van der Waals surface area contributed by atoms with Gasteiger partial charge in [-0.2, -0.15) is 0 Å². The minimum Gasteiger partial charge on any atom is -0.494 e. The summed E-state index contributed by atoms with van der Waals surface area (Å²) >= 11 is 6.21. The number of amides is 1. The van der Waals surface area contributed by atoms with Crippen LogP contribution in [-0.2, 0) is 9.84 Å². The van der Waals surface area contributed by atoms with Gasteiger partial charge < -0.3 is 9.64 Å². The SMILES string of the molecule is CCOc1ccc(C2CCCN2C(=O)c2cc(S(C)(=O)=O)ccc2Cl)cc1. The number of carbonyl (C=O) groups is 1. The molecule has 1 heterocycles. The average molecular weight is 408 g/mol. The number of halogens is 1. The van der Waals surface area contributed by atoms with Crippen LogP contribution in [-0.4, -0.2) is 38.6 Å². The van der Waals surface area contributed by atoms with E-state index in [1.54, 1.807) is 4.90 Å². The fraction of sp³-hybridized carbons (Fsp3) is 0.350. The molecular formula is C20H22ClNO4S. The first-order valence-corrected chi connectivity index (χ1v) is 11.1. The second-order valence-corrected chi connectivity index (χ2v) is 9.00. The van der Waals surface area contributed by atoms with E-state index >= 15 is 0 Å². The molecule has 0 radical (unpaired) electrons. The Balaban J connectivity index is 1.90. The molecule has 1 unspecified atom stereocenters. The smallest absolute Gasteiger partial charge is 0.255 e. The molecule has 2 aromatic carbocycles. The summed E-state index contributed by atoms with van der Waals surface area (Å²) < 4.78 is 29.1. The summed E-state index contributed by atoms with van der Waals surface area (Å²) in [6.45, 7) is 3.14. The Morgan fingerprint density at radius 1 is 1.22 bits per heavy atom. The van der Waals surface area contributed by atoms with E-state index in [0.717, 1.165) is 30.4 Å². The predicted molar refractivity (Wildman–Crippen MR) is 105 cm³/mol. The second-order valence-electron chi connectivity index (χ2n) is 6.57. The Bertz CT molecular complexity index is 941. The van der Waals surface area contributed by atoms with E-state index in [9.17, 15) is 13.2 Å². The molecule has 2 aromatic rings. The molecule has 1 amide bonds. The number of nitrogens with zero attached hydrogens (tertiary/aromatic N) is 1. The number of benzene rings is 2. The van der Waals surface area contributed by atoms with Gasteiger partial charge in [0.05, 0.1) is 28.1 Å². The van der Waals surface area contributed by atoms with Crippen molar-refractivity contribution in [2.24, 2.45) is 0 Å². The first-order chi connectivity index (χ1) is 12.8. The van der Waals surface area contributed by atoms with Gasteiger partial charge in [0.15, 0.2) is 9.84 Å². The van der Waals surface area contributed by atoms with Crippen molar-refractivity contribution in [3.8, 4) is 5.75 Å². The van der Waals surface area contributed by atoms with Crippen molar-refractivity contribution in [3.05, 3.63) is 58.6 Å². The van der Waals surface area contributed by atoms with Gasteiger partial charge in [0.25, 0.3) is 5.91 Å². The highest BCUT2D eigenvalue weighted by molar-refractivity contribution is 7.90. The predicted octanol–water partition coefficient (Wildman–Crippen LogP) is 4.12. The zero-order valence-electron chi connectivity index (χ0n) is 15.3. The third-order valence-corrected chi connectivity index (χ3v) is 6.13. The largest absolute Gasteiger partial charge is 0.494 e. The fourth-order valence-corrected chi connectivity index (χ4v) is 4.21. The van der Waals surface area contributed by atoms with Crippen LogP contribution in [0.1, 0.15) is 41.7 Å².